The van der Waals surface area contributed by atoms with Crippen molar-refractivity contribution in [1.82, 2.24) is 0 Å². The Bertz CT molecular complexity index is 1120. The normalized spacial score (nSPS) is 25.9. The molecule has 32 heavy (non-hydrogen) atoms. The van der Waals surface area contributed by atoms with Crippen LogP contribution in [0.25, 0.3) is 0 Å². The van der Waals surface area contributed by atoms with Gasteiger partial charge in [-0.3, -0.25) is 14.4 Å². The number of fused-ring (bicyclic) bond motifs is 5. The van der Waals surface area contributed by atoms with Crippen molar-refractivity contribution in [2.24, 2.45) is 23.7 Å². The Kier molecular flexibility index (Phi) is 4.96. The zero-order chi connectivity index (χ0) is 22.6. The Morgan fingerprint density at radius 2 is 1.59 bits per heavy atom. The average molecular weight is 431 g/mol. The van der Waals surface area contributed by atoms with Crippen LogP contribution in [0.3, 0.4) is 0 Å². The molecule has 1 aliphatic heterocycles. The van der Waals surface area contributed by atoms with E-state index in [1.807, 2.05) is 26.0 Å². The molecule has 4 atom stereocenters. The maximum absolute atomic E-state index is 13.2. The molecule has 1 saturated heterocycles. The van der Waals surface area contributed by atoms with E-state index in [9.17, 15) is 19.2 Å². The standard InChI is InChI=1S/C26H25NO5/c1-14-7-8-15(2)19(11-14)21(28)13-32-26(31)18-5-3-4-6-20(18)27-24(29)22-16-9-10-17(12-16)23(22)25(27)30/h3-8,11,16-17,22-23H,9-10,12-13H2,1-2H3/t16-,17-,22-,23-/m0/s1. The first-order valence-corrected chi connectivity index (χ1v) is 11.1. The highest BCUT2D eigenvalue weighted by Gasteiger charge is 2.61. The van der Waals surface area contributed by atoms with Crippen molar-refractivity contribution in [3.05, 3.63) is 64.7 Å². The van der Waals surface area contributed by atoms with Crippen molar-refractivity contribution in [3.8, 4) is 0 Å². The van der Waals surface area contributed by atoms with Gasteiger partial charge in [0.1, 0.15) is 0 Å². The molecule has 2 aromatic carbocycles. The van der Waals surface area contributed by atoms with Gasteiger partial charge in [0.05, 0.1) is 23.1 Å². The molecule has 1 heterocycles. The van der Waals surface area contributed by atoms with E-state index < -0.39 is 12.6 Å². The van der Waals surface area contributed by atoms with Gasteiger partial charge < -0.3 is 4.74 Å². The number of aryl methyl sites for hydroxylation is 2. The van der Waals surface area contributed by atoms with Gasteiger partial charge in [0.25, 0.3) is 0 Å². The van der Waals surface area contributed by atoms with Gasteiger partial charge in [-0.15, -0.1) is 0 Å². The Labute approximate surface area is 186 Å². The van der Waals surface area contributed by atoms with E-state index >= 15 is 0 Å². The van der Waals surface area contributed by atoms with Crippen LogP contribution in [0, 0.1) is 37.5 Å². The lowest BCUT2D eigenvalue weighted by Gasteiger charge is -2.20. The molecule has 0 radical (unpaired) electrons. The summed E-state index contributed by atoms with van der Waals surface area (Å²) in [6.45, 7) is 3.32. The third-order valence-corrected chi connectivity index (χ3v) is 7.32. The lowest BCUT2D eigenvalue weighted by molar-refractivity contribution is -0.123. The Morgan fingerprint density at radius 3 is 2.28 bits per heavy atom. The van der Waals surface area contributed by atoms with E-state index in [2.05, 4.69) is 0 Å². The first kappa shape index (κ1) is 20.6. The summed E-state index contributed by atoms with van der Waals surface area (Å²) in [5, 5.41) is 0. The van der Waals surface area contributed by atoms with Crippen LogP contribution in [0.2, 0.25) is 0 Å². The average Bonchev–Trinajstić information content (AvgIpc) is 3.47. The molecule has 5 rings (SSSR count). The number of rotatable bonds is 5. The van der Waals surface area contributed by atoms with Crippen molar-refractivity contribution in [3.63, 3.8) is 0 Å². The van der Waals surface area contributed by atoms with E-state index in [1.54, 1.807) is 24.3 Å². The molecule has 2 amide bonds. The lowest BCUT2D eigenvalue weighted by atomic mass is 9.81. The topological polar surface area (TPSA) is 80.8 Å². The maximum atomic E-state index is 13.2. The van der Waals surface area contributed by atoms with Crippen LogP contribution in [0.5, 0.6) is 0 Å². The number of ketones is 1. The van der Waals surface area contributed by atoms with E-state index in [0.717, 1.165) is 30.4 Å². The molecule has 6 nitrogen and oxygen atoms in total. The number of esters is 1. The molecule has 0 aromatic heterocycles. The summed E-state index contributed by atoms with van der Waals surface area (Å²) in [4.78, 5) is 53.0. The molecular formula is C26H25NO5. The Morgan fingerprint density at radius 1 is 0.938 bits per heavy atom. The van der Waals surface area contributed by atoms with Gasteiger partial charge in [-0.1, -0.05) is 29.8 Å². The van der Waals surface area contributed by atoms with E-state index in [4.69, 9.17) is 4.74 Å². The molecule has 0 spiro atoms. The highest BCUT2D eigenvalue weighted by Crippen LogP contribution is 2.56. The van der Waals surface area contributed by atoms with Gasteiger partial charge in [-0.2, -0.15) is 0 Å². The summed E-state index contributed by atoms with van der Waals surface area (Å²) in [5.74, 6) is -1.44. The van der Waals surface area contributed by atoms with Gasteiger partial charge >= 0.3 is 5.97 Å². The minimum Gasteiger partial charge on any atom is -0.454 e. The number of imide groups is 1. The molecule has 0 unspecified atom stereocenters. The van der Waals surface area contributed by atoms with Gasteiger partial charge in [0.2, 0.25) is 17.6 Å². The molecule has 164 valence electrons. The Balaban J connectivity index is 1.36. The van der Waals surface area contributed by atoms with Gasteiger partial charge in [-0.25, -0.2) is 9.69 Å². The largest absolute Gasteiger partial charge is 0.454 e. The van der Waals surface area contributed by atoms with Gasteiger partial charge in [0, 0.05) is 5.56 Å². The second-order valence-corrected chi connectivity index (χ2v) is 9.23. The number of ether oxygens (including phenoxy) is 1. The molecule has 6 heteroatoms. The third-order valence-electron chi connectivity index (χ3n) is 7.32. The van der Waals surface area contributed by atoms with Crippen molar-refractivity contribution in [2.45, 2.75) is 33.1 Å². The fourth-order valence-electron chi connectivity index (χ4n) is 5.81. The summed E-state index contributed by atoms with van der Waals surface area (Å²) < 4.78 is 5.32. The van der Waals surface area contributed by atoms with Crippen LogP contribution < -0.4 is 4.90 Å². The number of Topliss-reactive ketones (excluding diaryl/α,β-unsaturated/α-hetero) is 1. The fraction of sp³-hybridized carbons (Fsp3) is 0.385. The smallest absolute Gasteiger partial charge is 0.340 e. The number of carbonyl (C=O) groups is 4. The van der Waals surface area contributed by atoms with Crippen molar-refractivity contribution >= 4 is 29.3 Å². The second kappa shape index (κ2) is 7.69. The maximum Gasteiger partial charge on any atom is 0.340 e. The third kappa shape index (κ3) is 3.17. The number of amides is 2. The highest BCUT2D eigenvalue weighted by molar-refractivity contribution is 6.24. The van der Waals surface area contributed by atoms with E-state index in [1.165, 1.54) is 11.0 Å². The first-order chi connectivity index (χ1) is 15.4. The number of hydrogen-bond donors (Lipinski definition) is 0. The predicted octanol–water partition coefficient (Wildman–Crippen LogP) is 3.88. The molecule has 2 aliphatic carbocycles. The number of para-hydroxylation sites is 1. The molecular weight excluding hydrogens is 406 g/mol. The first-order valence-electron chi connectivity index (χ1n) is 11.1. The minimum absolute atomic E-state index is 0.121. The number of hydrogen-bond acceptors (Lipinski definition) is 5. The van der Waals surface area contributed by atoms with Gasteiger partial charge in [0.15, 0.2) is 6.61 Å². The van der Waals surface area contributed by atoms with Crippen LogP contribution in [0.1, 0.15) is 51.1 Å². The number of nitrogens with zero attached hydrogens (tertiary/aromatic N) is 1. The summed E-state index contributed by atoms with van der Waals surface area (Å²) in [5.41, 5.74) is 2.64. The van der Waals surface area contributed by atoms with E-state index in [-0.39, 0.29) is 52.5 Å². The minimum atomic E-state index is -0.722. The number of carbonyl (C=O) groups excluding carboxylic acids is 4. The monoisotopic (exact) mass is 431 g/mol. The summed E-state index contributed by atoms with van der Waals surface area (Å²) in [6, 6.07) is 12.0. The quantitative estimate of drug-likeness (QED) is 0.408. The molecule has 2 bridgehead atoms. The zero-order valence-corrected chi connectivity index (χ0v) is 18.2. The van der Waals surface area contributed by atoms with Crippen LogP contribution in [0.15, 0.2) is 42.5 Å². The molecule has 0 N–H and O–H groups in total. The van der Waals surface area contributed by atoms with Gasteiger partial charge in [-0.05, 0) is 68.7 Å². The lowest BCUT2D eigenvalue weighted by Crippen LogP contribution is -2.34. The molecule has 2 saturated carbocycles. The molecule has 3 aliphatic rings. The zero-order valence-electron chi connectivity index (χ0n) is 18.2. The molecule has 3 fully saturated rings. The summed E-state index contributed by atoms with van der Waals surface area (Å²) in [6.07, 6.45) is 2.93. The fourth-order valence-corrected chi connectivity index (χ4v) is 5.81. The molecule has 2 aromatic rings. The summed E-state index contributed by atoms with van der Waals surface area (Å²) in [7, 11) is 0. The Hall–Kier alpha value is -3.28. The number of benzene rings is 2. The number of anilines is 1. The highest BCUT2D eigenvalue weighted by atomic mass is 16.5. The predicted molar refractivity (Wildman–Crippen MR) is 117 cm³/mol. The van der Waals surface area contributed by atoms with E-state index in [0.29, 0.717) is 5.56 Å². The van der Waals surface area contributed by atoms with Crippen molar-refractivity contribution in [2.75, 3.05) is 11.5 Å². The van der Waals surface area contributed by atoms with Crippen molar-refractivity contribution < 1.29 is 23.9 Å². The van der Waals surface area contributed by atoms with Crippen molar-refractivity contribution in [1.29, 1.82) is 0 Å². The van der Waals surface area contributed by atoms with Crippen LogP contribution >= 0.6 is 0 Å². The van der Waals surface area contributed by atoms with Crippen LogP contribution in [-0.2, 0) is 14.3 Å². The SMILES string of the molecule is Cc1ccc(C)c(C(=O)COC(=O)c2ccccc2N2C(=O)[C@H]3[C@H]4CC[C@@H](C4)[C@@H]3C2=O)c1. The van der Waals surface area contributed by atoms with Crippen LogP contribution in [-0.4, -0.2) is 30.2 Å². The van der Waals surface area contributed by atoms with Crippen LogP contribution in [0.4, 0.5) is 5.69 Å². The second-order valence-electron chi connectivity index (χ2n) is 9.23. The summed E-state index contributed by atoms with van der Waals surface area (Å²) >= 11 is 0.